The van der Waals surface area contributed by atoms with E-state index >= 15 is 0 Å². The fourth-order valence-corrected chi connectivity index (χ4v) is 4.67. The van der Waals surface area contributed by atoms with Crippen molar-refractivity contribution in [2.45, 2.75) is 26.5 Å². The van der Waals surface area contributed by atoms with E-state index < -0.39 is 0 Å². The van der Waals surface area contributed by atoms with E-state index in [-0.39, 0.29) is 11.7 Å². The van der Waals surface area contributed by atoms with E-state index in [1.165, 1.54) is 0 Å². The molecule has 184 valence electrons. The summed E-state index contributed by atoms with van der Waals surface area (Å²) in [5.74, 6) is 0. The Hall–Kier alpha value is -3.14. The molecule has 0 spiro atoms. The highest BCUT2D eigenvalue weighted by molar-refractivity contribution is 6.02. The van der Waals surface area contributed by atoms with Gasteiger partial charge in [0, 0.05) is 63.0 Å². The number of ether oxygens (including phenoxy) is 1. The van der Waals surface area contributed by atoms with Gasteiger partial charge in [-0.2, -0.15) is 0 Å². The molecule has 3 aromatic heterocycles. The van der Waals surface area contributed by atoms with Crippen molar-refractivity contribution < 1.29 is 4.74 Å². The minimum atomic E-state index is -0.0826. The van der Waals surface area contributed by atoms with Crippen LogP contribution in [0.25, 0.3) is 33.2 Å². The average Bonchev–Trinajstić information content (AvgIpc) is 3.13. The van der Waals surface area contributed by atoms with E-state index in [9.17, 15) is 4.79 Å². The smallest absolute Gasteiger partial charge is 0.330 e. The number of hydrogen-bond acceptors (Lipinski definition) is 7. The molecule has 0 radical (unpaired) electrons. The highest BCUT2D eigenvalue weighted by atomic mass is 16.5. The summed E-state index contributed by atoms with van der Waals surface area (Å²) in [6.07, 6.45) is 1.88. The Morgan fingerprint density at radius 3 is 2.49 bits per heavy atom. The molecule has 9 nitrogen and oxygen atoms in total. The summed E-state index contributed by atoms with van der Waals surface area (Å²) in [6, 6.07) is 10.1. The molecule has 4 heterocycles. The number of nitrogens with zero attached hydrogens (tertiary/aromatic N) is 7. The summed E-state index contributed by atoms with van der Waals surface area (Å²) in [4.78, 5) is 22.2. The third kappa shape index (κ3) is 4.71. The van der Waals surface area contributed by atoms with Crippen LogP contribution in [0.1, 0.15) is 25.6 Å². The zero-order valence-corrected chi connectivity index (χ0v) is 20.9. The van der Waals surface area contributed by atoms with Crippen molar-refractivity contribution in [1.29, 1.82) is 0 Å². The lowest BCUT2D eigenvalue weighted by molar-refractivity contribution is 0.0725. The van der Waals surface area contributed by atoms with Gasteiger partial charge in [-0.15, -0.1) is 10.2 Å². The summed E-state index contributed by atoms with van der Waals surface area (Å²) < 4.78 is 9.23. The van der Waals surface area contributed by atoms with Gasteiger partial charge in [-0.25, -0.2) is 4.79 Å². The standard InChI is InChI=1S/C26H33N7O2/c1-18(2)33-24-22-15-19(6-8-23(22)28-29-25(24)31(4)26(33)34)20-5-7-21(27-16-20)17-35-14-13-32-11-9-30(3)10-12-32/h5-8,15-16,18H,9-14,17H2,1-4H3. The molecule has 0 bridgehead atoms. The van der Waals surface area contributed by atoms with Crippen LogP contribution in [0.2, 0.25) is 0 Å². The van der Waals surface area contributed by atoms with Crippen LogP contribution in [0.4, 0.5) is 0 Å². The fourth-order valence-electron chi connectivity index (χ4n) is 4.67. The van der Waals surface area contributed by atoms with Crippen LogP contribution < -0.4 is 5.69 Å². The highest BCUT2D eigenvalue weighted by Gasteiger charge is 2.18. The molecule has 35 heavy (non-hydrogen) atoms. The highest BCUT2D eigenvalue weighted by Crippen LogP contribution is 2.28. The van der Waals surface area contributed by atoms with E-state index in [2.05, 4.69) is 44.2 Å². The average molecular weight is 476 g/mol. The Morgan fingerprint density at radius 1 is 1.00 bits per heavy atom. The third-order valence-corrected chi connectivity index (χ3v) is 6.84. The molecule has 1 aliphatic rings. The number of hydrogen-bond donors (Lipinski definition) is 0. The number of likely N-dealkylation sites (N-methyl/N-ethyl adjacent to an activating group) is 1. The van der Waals surface area contributed by atoms with Gasteiger partial charge >= 0.3 is 5.69 Å². The zero-order chi connectivity index (χ0) is 24.5. The Labute approximate surface area is 204 Å². The quantitative estimate of drug-likeness (QED) is 0.380. The van der Waals surface area contributed by atoms with Gasteiger partial charge in [-0.3, -0.25) is 19.0 Å². The topological polar surface area (TPSA) is 81.3 Å². The van der Waals surface area contributed by atoms with Crippen molar-refractivity contribution in [3.05, 3.63) is 52.7 Å². The summed E-state index contributed by atoms with van der Waals surface area (Å²) >= 11 is 0. The van der Waals surface area contributed by atoms with Crippen LogP contribution >= 0.6 is 0 Å². The number of pyridine rings is 1. The first kappa shape index (κ1) is 23.6. The molecule has 1 fully saturated rings. The second-order valence-corrected chi connectivity index (χ2v) is 9.65. The second kappa shape index (κ2) is 9.85. The molecule has 0 N–H and O–H groups in total. The van der Waals surface area contributed by atoms with Crippen LogP contribution in [0, 0.1) is 0 Å². The van der Waals surface area contributed by atoms with Gasteiger partial charge in [0.15, 0.2) is 5.65 Å². The van der Waals surface area contributed by atoms with Crippen molar-refractivity contribution in [2.75, 3.05) is 46.4 Å². The maximum atomic E-state index is 12.8. The minimum absolute atomic E-state index is 0.0134. The van der Waals surface area contributed by atoms with E-state index in [0.717, 1.165) is 66.0 Å². The largest absolute Gasteiger partial charge is 0.374 e. The molecule has 1 aromatic carbocycles. The molecule has 1 aliphatic heterocycles. The molecule has 0 saturated carbocycles. The van der Waals surface area contributed by atoms with Gasteiger partial charge in [0.1, 0.15) is 5.52 Å². The van der Waals surface area contributed by atoms with Crippen LogP contribution in [0.15, 0.2) is 41.3 Å². The molecular formula is C26H33N7O2. The summed E-state index contributed by atoms with van der Waals surface area (Å²) in [5.41, 5.74) is 5.03. The fraction of sp³-hybridized carbons (Fsp3) is 0.462. The number of aromatic nitrogens is 5. The molecule has 5 rings (SSSR count). The van der Waals surface area contributed by atoms with Crippen LogP contribution in [-0.2, 0) is 18.4 Å². The summed E-state index contributed by atoms with van der Waals surface area (Å²) in [6.45, 7) is 10.6. The predicted molar refractivity (Wildman–Crippen MR) is 137 cm³/mol. The Kier molecular flexibility index (Phi) is 6.64. The first-order valence-corrected chi connectivity index (χ1v) is 12.2. The first-order chi connectivity index (χ1) is 16.9. The molecule has 0 unspecified atom stereocenters. The summed E-state index contributed by atoms with van der Waals surface area (Å²) in [5, 5.41) is 9.58. The maximum Gasteiger partial charge on any atom is 0.330 e. The molecule has 0 aliphatic carbocycles. The van der Waals surface area contributed by atoms with Crippen molar-refractivity contribution in [2.24, 2.45) is 7.05 Å². The van der Waals surface area contributed by atoms with Gasteiger partial charge in [0.05, 0.1) is 24.4 Å². The van der Waals surface area contributed by atoms with Gasteiger partial charge in [-0.05, 0) is 44.7 Å². The third-order valence-electron chi connectivity index (χ3n) is 6.84. The molecule has 0 atom stereocenters. The lowest BCUT2D eigenvalue weighted by Crippen LogP contribution is -2.45. The molecule has 9 heteroatoms. The lowest BCUT2D eigenvalue weighted by Gasteiger charge is -2.32. The number of imidazole rings is 1. The second-order valence-electron chi connectivity index (χ2n) is 9.65. The molecular weight excluding hydrogens is 442 g/mol. The van der Waals surface area contributed by atoms with Gasteiger partial charge in [-0.1, -0.05) is 12.1 Å². The number of benzene rings is 1. The van der Waals surface area contributed by atoms with E-state index in [4.69, 9.17) is 4.74 Å². The van der Waals surface area contributed by atoms with Crippen molar-refractivity contribution in [1.82, 2.24) is 34.1 Å². The van der Waals surface area contributed by atoms with Crippen molar-refractivity contribution >= 4 is 22.1 Å². The van der Waals surface area contributed by atoms with E-state index in [0.29, 0.717) is 18.9 Å². The Morgan fingerprint density at radius 2 is 1.77 bits per heavy atom. The molecule has 4 aromatic rings. The normalized spacial score (nSPS) is 15.6. The van der Waals surface area contributed by atoms with Crippen molar-refractivity contribution in [3.8, 4) is 11.1 Å². The number of rotatable bonds is 7. The SMILES string of the molecule is CC(C)n1c(=O)n(C)c2nnc3ccc(-c4ccc(COCCN5CCN(C)CC5)nc4)cc3c21. The van der Waals surface area contributed by atoms with E-state index in [1.54, 1.807) is 16.2 Å². The Balaban J connectivity index is 1.32. The molecule has 0 amide bonds. The minimum Gasteiger partial charge on any atom is -0.374 e. The Bertz CT molecular complexity index is 1380. The lowest BCUT2D eigenvalue weighted by atomic mass is 10.0. The number of fused-ring (bicyclic) bond motifs is 3. The maximum absolute atomic E-state index is 12.8. The van der Waals surface area contributed by atoms with Crippen LogP contribution in [-0.4, -0.2) is 80.5 Å². The zero-order valence-electron chi connectivity index (χ0n) is 20.9. The van der Waals surface area contributed by atoms with Gasteiger partial charge in [0.2, 0.25) is 0 Å². The van der Waals surface area contributed by atoms with Crippen LogP contribution in [0.3, 0.4) is 0 Å². The van der Waals surface area contributed by atoms with Crippen LogP contribution in [0.5, 0.6) is 0 Å². The molecule has 1 saturated heterocycles. The first-order valence-electron chi connectivity index (χ1n) is 12.2. The number of aryl methyl sites for hydroxylation is 1. The summed E-state index contributed by atoms with van der Waals surface area (Å²) in [7, 11) is 3.91. The number of piperazine rings is 1. The van der Waals surface area contributed by atoms with E-state index in [1.807, 2.05) is 38.2 Å². The van der Waals surface area contributed by atoms with Gasteiger partial charge < -0.3 is 9.64 Å². The monoisotopic (exact) mass is 475 g/mol. The predicted octanol–water partition coefficient (Wildman–Crippen LogP) is 2.69. The van der Waals surface area contributed by atoms with Crippen molar-refractivity contribution in [3.63, 3.8) is 0 Å². The van der Waals surface area contributed by atoms with Gasteiger partial charge in [0.25, 0.3) is 0 Å².